The maximum atomic E-state index is 11.4. The zero-order valence-corrected chi connectivity index (χ0v) is 16.7. The number of aromatic carboxylic acids is 1. The Morgan fingerprint density at radius 3 is 2.61 bits per heavy atom. The molecule has 8 heteroatoms. The number of benzene rings is 1. The van der Waals surface area contributed by atoms with Crippen molar-refractivity contribution in [2.75, 3.05) is 12.4 Å². The van der Waals surface area contributed by atoms with E-state index in [1.165, 1.54) is 18.4 Å². The lowest BCUT2D eigenvalue weighted by Crippen LogP contribution is -2.09. The van der Waals surface area contributed by atoms with E-state index in [9.17, 15) is 9.59 Å². The highest BCUT2D eigenvalue weighted by molar-refractivity contribution is 7.14. The van der Waals surface area contributed by atoms with Crippen LogP contribution in [0.15, 0.2) is 35.7 Å². The summed E-state index contributed by atoms with van der Waals surface area (Å²) in [6, 6.07) is 8.59. The quantitative estimate of drug-likeness (QED) is 0.578. The van der Waals surface area contributed by atoms with E-state index in [1.807, 2.05) is 19.2 Å². The second kappa shape index (κ2) is 8.26. The van der Waals surface area contributed by atoms with Gasteiger partial charge in [0.25, 0.3) is 0 Å². The number of carboxylic acid groups (broad SMARTS) is 1. The standard InChI is InChI=1S/C20H21N3O4S/c1-12-10-16(13(2)23(12)9-8-18(24)27-3)17-11-28-20(22-17)21-15-6-4-14(5-7-15)19(25)26/h4-7,10-11H,8-9H2,1-3H3,(H,21,22)(H,25,26). The first-order valence-electron chi connectivity index (χ1n) is 8.69. The number of thiazole rings is 1. The number of hydrogen-bond acceptors (Lipinski definition) is 6. The third-order valence-corrected chi connectivity index (χ3v) is 5.26. The van der Waals surface area contributed by atoms with Gasteiger partial charge in [0, 0.05) is 34.6 Å². The van der Waals surface area contributed by atoms with Crippen molar-refractivity contribution in [3.05, 3.63) is 52.7 Å². The Morgan fingerprint density at radius 2 is 1.96 bits per heavy atom. The molecular formula is C20H21N3O4S. The van der Waals surface area contributed by atoms with Gasteiger partial charge in [-0.2, -0.15) is 0 Å². The molecule has 0 saturated carbocycles. The Kier molecular flexibility index (Phi) is 5.79. The van der Waals surface area contributed by atoms with Crippen LogP contribution in [-0.4, -0.2) is 33.7 Å². The van der Waals surface area contributed by atoms with Crippen LogP contribution in [0.3, 0.4) is 0 Å². The van der Waals surface area contributed by atoms with Crippen molar-refractivity contribution in [1.29, 1.82) is 0 Å². The van der Waals surface area contributed by atoms with Gasteiger partial charge in [-0.1, -0.05) is 0 Å². The van der Waals surface area contributed by atoms with Gasteiger partial charge >= 0.3 is 11.9 Å². The van der Waals surface area contributed by atoms with E-state index in [1.54, 1.807) is 24.3 Å². The fourth-order valence-corrected chi connectivity index (χ4v) is 3.71. The Bertz CT molecular complexity index is 1010. The number of carbonyl (C=O) groups is 2. The van der Waals surface area contributed by atoms with Gasteiger partial charge < -0.3 is 19.7 Å². The van der Waals surface area contributed by atoms with Crippen molar-refractivity contribution in [3.8, 4) is 11.3 Å². The van der Waals surface area contributed by atoms with Crippen molar-refractivity contribution in [2.45, 2.75) is 26.8 Å². The fraction of sp³-hybridized carbons (Fsp3) is 0.250. The van der Waals surface area contributed by atoms with Crippen LogP contribution in [0.4, 0.5) is 10.8 Å². The van der Waals surface area contributed by atoms with Crippen molar-refractivity contribution >= 4 is 34.1 Å². The molecule has 0 saturated heterocycles. The molecule has 0 atom stereocenters. The number of carbonyl (C=O) groups excluding carboxylic acids is 1. The summed E-state index contributed by atoms with van der Waals surface area (Å²) in [7, 11) is 1.39. The molecule has 7 nitrogen and oxygen atoms in total. The minimum Gasteiger partial charge on any atom is -0.478 e. The van der Waals surface area contributed by atoms with Crippen molar-refractivity contribution in [1.82, 2.24) is 9.55 Å². The fourth-order valence-electron chi connectivity index (χ4n) is 2.98. The van der Waals surface area contributed by atoms with Crippen molar-refractivity contribution < 1.29 is 19.4 Å². The van der Waals surface area contributed by atoms with Gasteiger partial charge in [-0.15, -0.1) is 11.3 Å². The van der Waals surface area contributed by atoms with E-state index >= 15 is 0 Å². The van der Waals surface area contributed by atoms with Gasteiger partial charge in [-0.05, 0) is 44.2 Å². The number of carboxylic acids is 1. The summed E-state index contributed by atoms with van der Waals surface area (Å²) >= 11 is 1.47. The number of esters is 1. The second-order valence-electron chi connectivity index (χ2n) is 6.31. The van der Waals surface area contributed by atoms with Crippen molar-refractivity contribution in [2.24, 2.45) is 0 Å². The summed E-state index contributed by atoms with van der Waals surface area (Å²) in [6.45, 7) is 4.58. The molecule has 2 aromatic heterocycles. The lowest BCUT2D eigenvalue weighted by Gasteiger charge is -2.08. The third kappa shape index (κ3) is 4.23. The SMILES string of the molecule is COC(=O)CCn1c(C)cc(-c2csc(Nc3ccc(C(=O)O)cc3)n2)c1C. The smallest absolute Gasteiger partial charge is 0.335 e. The predicted molar refractivity (Wildman–Crippen MR) is 108 cm³/mol. The molecule has 0 aliphatic heterocycles. The van der Waals surface area contributed by atoms with Crippen LogP contribution in [0.25, 0.3) is 11.3 Å². The number of anilines is 2. The molecule has 0 bridgehead atoms. The molecule has 0 aliphatic rings. The van der Waals surface area contributed by atoms with Crippen LogP contribution in [0, 0.1) is 13.8 Å². The van der Waals surface area contributed by atoms with Gasteiger partial charge in [0.15, 0.2) is 5.13 Å². The van der Waals surface area contributed by atoms with E-state index in [2.05, 4.69) is 20.9 Å². The number of nitrogens with one attached hydrogen (secondary N) is 1. The number of ether oxygens (including phenoxy) is 1. The molecule has 2 heterocycles. The molecule has 0 amide bonds. The molecule has 3 rings (SSSR count). The molecule has 2 N–H and O–H groups in total. The lowest BCUT2D eigenvalue weighted by atomic mass is 10.2. The Labute approximate surface area is 166 Å². The number of rotatable bonds is 7. The summed E-state index contributed by atoms with van der Waals surface area (Å²) in [4.78, 5) is 27.0. The number of nitrogens with zero attached hydrogens (tertiary/aromatic N) is 2. The molecule has 28 heavy (non-hydrogen) atoms. The molecule has 0 fully saturated rings. The van der Waals surface area contributed by atoms with E-state index in [0.29, 0.717) is 13.0 Å². The minimum atomic E-state index is -0.953. The van der Waals surface area contributed by atoms with Crippen molar-refractivity contribution in [3.63, 3.8) is 0 Å². The monoisotopic (exact) mass is 399 g/mol. The zero-order valence-electron chi connectivity index (χ0n) is 15.9. The van der Waals surface area contributed by atoms with E-state index in [-0.39, 0.29) is 11.5 Å². The number of aryl methyl sites for hydroxylation is 1. The molecule has 0 spiro atoms. The summed E-state index contributed by atoms with van der Waals surface area (Å²) < 4.78 is 6.81. The van der Waals surface area contributed by atoms with Gasteiger partial charge in [0.05, 0.1) is 24.8 Å². The molecule has 146 valence electrons. The first-order valence-corrected chi connectivity index (χ1v) is 9.57. The highest BCUT2D eigenvalue weighted by atomic mass is 32.1. The lowest BCUT2D eigenvalue weighted by molar-refractivity contribution is -0.140. The third-order valence-electron chi connectivity index (χ3n) is 4.50. The summed E-state index contributed by atoms with van der Waals surface area (Å²) in [5.41, 5.74) is 4.99. The van der Waals surface area contributed by atoms with Gasteiger partial charge in [-0.25, -0.2) is 9.78 Å². The molecular weight excluding hydrogens is 378 g/mol. The largest absolute Gasteiger partial charge is 0.478 e. The summed E-state index contributed by atoms with van der Waals surface area (Å²) in [5.74, 6) is -1.19. The number of aromatic nitrogens is 2. The van der Waals surface area contributed by atoms with Crippen LogP contribution < -0.4 is 5.32 Å². The van der Waals surface area contributed by atoms with Crippen LogP contribution >= 0.6 is 11.3 Å². The topological polar surface area (TPSA) is 93.5 Å². The van der Waals surface area contributed by atoms with Crippen LogP contribution in [0.1, 0.15) is 28.2 Å². The van der Waals surface area contributed by atoms with Gasteiger partial charge in [0.2, 0.25) is 0 Å². The Morgan fingerprint density at radius 1 is 1.25 bits per heavy atom. The molecule has 1 aromatic carbocycles. The van der Waals surface area contributed by atoms with E-state index < -0.39 is 5.97 Å². The maximum absolute atomic E-state index is 11.4. The normalized spacial score (nSPS) is 10.7. The average molecular weight is 399 g/mol. The highest BCUT2D eigenvalue weighted by Gasteiger charge is 2.15. The van der Waals surface area contributed by atoms with Gasteiger partial charge in [0.1, 0.15) is 0 Å². The first-order chi connectivity index (χ1) is 13.4. The van der Waals surface area contributed by atoms with Crippen LogP contribution in [0.2, 0.25) is 0 Å². The summed E-state index contributed by atoms with van der Waals surface area (Å²) in [6.07, 6.45) is 0.322. The zero-order chi connectivity index (χ0) is 20.3. The van der Waals surface area contributed by atoms with Gasteiger partial charge in [-0.3, -0.25) is 4.79 Å². The predicted octanol–water partition coefficient (Wildman–Crippen LogP) is 4.23. The van der Waals surface area contributed by atoms with E-state index in [0.717, 1.165) is 33.5 Å². The Hall–Kier alpha value is -3.13. The maximum Gasteiger partial charge on any atom is 0.335 e. The molecule has 3 aromatic rings. The van der Waals surface area contributed by atoms with Crippen LogP contribution in [-0.2, 0) is 16.1 Å². The molecule has 0 aliphatic carbocycles. The number of methoxy groups -OCH3 is 1. The summed E-state index contributed by atoms with van der Waals surface area (Å²) in [5, 5.41) is 14.9. The van der Waals surface area contributed by atoms with E-state index in [4.69, 9.17) is 9.84 Å². The molecule has 0 unspecified atom stereocenters. The second-order valence-corrected chi connectivity index (χ2v) is 7.17. The molecule has 0 radical (unpaired) electrons. The first kappa shape index (κ1) is 19.6. The average Bonchev–Trinajstić information content (AvgIpc) is 3.24. The number of hydrogen-bond donors (Lipinski definition) is 2. The minimum absolute atomic E-state index is 0.233. The van der Waals surface area contributed by atoms with Crippen LogP contribution in [0.5, 0.6) is 0 Å². The Balaban J connectivity index is 1.76. The highest BCUT2D eigenvalue weighted by Crippen LogP contribution is 2.31.